The van der Waals surface area contributed by atoms with Gasteiger partial charge in [-0.15, -0.1) is 0 Å². The molecule has 2 saturated carbocycles. The van der Waals surface area contributed by atoms with Crippen molar-refractivity contribution in [3.8, 4) is 0 Å². The number of aliphatic hydroxyl groups is 2. The van der Waals surface area contributed by atoms with Crippen molar-refractivity contribution < 1.29 is 24.5 Å². The van der Waals surface area contributed by atoms with Gasteiger partial charge in [-0.2, -0.15) is 0 Å². The maximum absolute atomic E-state index is 14.9. The monoisotopic (exact) mass is 677 g/mol. The minimum Gasteiger partial charge on any atom is -0.392 e. The van der Waals surface area contributed by atoms with Gasteiger partial charge in [0.15, 0.2) is 11.6 Å². The van der Waals surface area contributed by atoms with E-state index in [1.54, 1.807) is 13.0 Å². The van der Waals surface area contributed by atoms with Gasteiger partial charge in [-0.3, -0.25) is 9.59 Å². The van der Waals surface area contributed by atoms with Gasteiger partial charge < -0.3 is 19.5 Å². The molecule has 9 atom stereocenters. The summed E-state index contributed by atoms with van der Waals surface area (Å²) >= 11 is 0. The molecular formula is C44H55NO5. The number of hydrogen-bond donors (Lipinski definition) is 2. The second-order valence-corrected chi connectivity index (χ2v) is 18.7. The quantitative estimate of drug-likeness (QED) is 0.192. The lowest BCUT2D eigenvalue weighted by Crippen LogP contribution is -2.62. The molecule has 2 unspecified atom stereocenters. The van der Waals surface area contributed by atoms with E-state index < -0.39 is 34.9 Å². The number of ether oxygens (including phenoxy) is 1. The number of nitrogens with zero attached hydrogens (tertiary/aromatic N) is 1. The van der Waals surface area contributed by atoms with E-state index in [1.165, 1.54) is 11.3 Å². The number of allylic oxidation sites excluding steroid dienone is 4. The molecule has 0 spiro atoms. The van der Waals surface area contributed by atoms with Gasteiger partial charge in [0.05, 0.1) is 34.5 Å². The smallest absolute Gasteiger partial charge is 0.192 e. The molecule has 4 aliphatic carbocycles. The van der Waals surface area contributed by atoms with Gasteiger partial charge in [-0.05, 0) is 138 Å². The number of Topliss-reactive ketones (excluding diaryl/α,β-unsaturated/α-hetero) is 1. The first-order valence-electron chi connectivity index (χ1n) is 18.8. The number of rotatable bonds is 4. The van der Waals surface area contributed by atoms with Crippen LogP contribution in [0.1, 0.15) is 140 Å². The zero-order valence-corrected chi connectivity index (χ0v) is 31.7. The van der Waals surface area contributed by atoms with Crippen LogP contribution in [0.25, 0.3) is 16.5 Å². The zero-order valence-electron chi connectivity index (χ0n) is 31.7. The molecule has 1 aromatic heterocycles. The van der Waals surface area contributed by atoms with E-state index in [1.807, 2.05) is 19.9 Å². The van der Waals surface area contributed by atoms with Gasteiger partial charge in [0.1, 0.15) is 6.04 Å². The van der Waals surface area contributed by atoms with Gasteiger partial charge in [0.2, 0.25) is 0 Å². The second-order valence-electron chi connectivity index (χ2n) is 18.7. The zero-order chi connectivity index (χ0) is 36.2. The maximum atomic E-state index is 14.9. The molecule has 0 radical (unpaired) electrons. The van der Waals surface area contributed by atoms with Crippen molar-refractivity contribution in [2.75, 3.05) is 0 Å². The summed E-state index contributed by atoms with van der Waals surface area (Å²) in [4.78, 5) is 26.7. The van der Waals surface area contributed by atoms with E-state index in [9.17, 15) is 19.8 Å². The van der Waals surface area contributed by atoms with Crippen molar-refractivity contribution >= 4 is 28.0 Å². The van der Waals surface area contributed by atoms with Crippen molar-refractivity contribution in [2.24, 2.45) is 28.6 Å². The van der Waals surface area contributed by atoms with Crippen LogP contribution in [0.15, 0.2) is 48.1 Å². The van der Waals surface area contributed by atoms with Crippen LogP contribution >= 0.6 is 0 Å². The molecule has 2 N–H and O–H groups in total. The second kappa shape index (κ2) is 10.3. The fraction of sp³-hybridized carbons (Fsp3) is 0.591. The summed E-state index contributed by atoms with van der Waals surface area (Å²) in [6, 6.07) is 1.79. The summed E-state index contributed by atoms with van der Waals surface area (Å²) in [6.45, 7) is 25.3. The van der Waals surface area contributed by atoms with E-state index in [0.29, 0.717) is 17.9 Å². The highest BCUT2D eigenvalue weighted by Crippen LogP contribution is 2.71. The lowest BCUT2D eigenvalue weighted by Gasteiger charge is -2.64. The van der Waals surface area contributed by atoms with Crippen LogP contribution in [0, 0.1) is 28.6 Å². The average Bonchev–Trinajstić information content (AvgIpc) is 3.66. The Morgan fingerprint density at radius 3 is 2.40 bits per heavy atom. The van der Waals surface area contributed by atoms with Gasteiger partial charge in [0.25, 0.3) is 0 Å². The Kier molecular flexibility index (Phi) is 7.01. The van der Waals surface area contributed by atoms with E-state index >= 15 is 0 Å². The van der Waals surface area contributed by atoms with Crippen LogP contribution < -0.4 is 0 Å². The highest BCUT2D eigenvalue weighted by atomic mass is 16.5. The standard InChI is InChI=1S/C44H55NO5/c1-22(2)35-38(49)33-32-26(29-21-40(5,6)50-41(7,8)34(29)37(32)48)20-27-28-19-25-12-13-30-42(9,16-14-23(3)18-24(4)46)31(47)15-17-43(30,10)44(25,11)39(28)45(35)36(27)33/h14,16,18,20-21,25,30-31,34-35,37,47-48H,1,12-13,15,17,19H2,2-11H3/b16-14+,23-18+/t25?,30-,31-,34?,35-,37+,42-,43-,44+/m0/s1. The topological polar surface area (TPSA) is 88.8 Å². The van der Waals surface area contributed by atoms with Crippen LogP contribution in [0.3, 0.4) is 0 Å². The van der Waals surface area contributed by atoms with Gasteiger partial charge >= 0.3 is 0 Å². The van der Waals surface area contributed by atoms with Crippen molar-refractivity contribution in [3.63, 3.8) is 0 Å². The number of carbonyl (C=O) groups is 2. The van der Waals surface area contributed by atoms with Crippen LogP contribution in [-0.2, 0) is 21.4 Å². The van der Waals surface area contributed by atoms with Crippen molar-refractivity contribution in [1.82, 2.24) is 4.57 Å². The van der Waals surface area contributed by atoms with Gasteiger partial charge in [0, 0.05) is 33.4 Å². The van der Waals surface area contributed by atoms with Crippen LogP contribution in [0.2, 0.25) is 0 Å². The average molecular weight is 678 g/mol. The molecule has 50 heavy (non-hydrogen) atoms. The summed E-state index contributed by atoms with van der Waals surface area (Å²) in [5, 5.41) is 25.0. The number of fused-ring (bicyclic) bond motifs is 11. The van der Waals surface area contributed by atoms with Gasteiger partial charge in [-0.25, -0.2) is 0 Å². The first kappa shape index (κ1) is 34.0. The minimum absolute atomic E-state index is 0.0201. The minimum atomic E-state index is -0.847. The van der Waals surface area contributed by atoms with Crippen molar-refractivity contribution in [3.05, 3.63) is 76.0 Å². The third-order valence-electron chi connectivity index (χ3n) is 14.7. The summed E-state index contributed by atoms with van der Waals surface area (Å²) in [6.07, 6.45) is 11.3. The predicted octanol–water partition coefficient (Wildman–Crippen LogP) is 8.69. The molecule has 3 heterocycles. The van der Waals surface area contributed by atoms with Crippen molar-refractivity contribution in [2.45, 2.75) is 136 Å². The molecule has 1 aromatic carbocycles. The maximum Gasteiger partial charge on any atom is 0.192 e. The number of aromatic nitrogens is 1. The lowest BCUT2D eigenvalue weighted by molar-refractivity contribution is -0.144. The summed E-state index contributed by atoms with van der Waals surface area (Å²) in [5.74, 6) is 0.396. The van der Waals surface area contributed by atoms with Crippen LogP contribution in [0.5, 0.6) is 0 Å². The first-order chi connectivity index (χ1) is 23.2. The molecule has 2 fully saturated rings. The Balaban J connectivity index is 1.36. The molecule has 0 saturated heterocycles. The number of benzene rings is 1. The summed E-state index contributed by atoms with van der Waals surface area (Å²) in [5.41, 5.74) is 6.81. The summed E-state index contributed by atoms with van der Waals surface area (Å²) in [7, 11) is 0. The fourth-order valence-corrected chi connectivity index (χ4v) is 12.8. The Bertz CT molecular complexity index is 2020. The van der Waals surface area contributed by atoms with E-state index in [2.05, 4.69) is 77.8 Å². The molecule has 0 bridgehead atoms. The number of aliphatic hydroxyl groups excluding tert-OH is 2. The van der Waals surface area contributed by atoms with E-state index in [0.717, 1.165) is 64.4 Å². The first-order valence-corrected chi connectivity index (χ1v) is 18.8. The molecule has 266 valence electrons. The Morgan fingerprint density at radius 2 is 1.74 bits per heavy atom. The SMILES string of the molecule is C=C(C)[C@H]1C(=O)c2c3c(cc4c5c(n1c24)[C@@]1(C)C(CC[C@H]2[C@](C)(/C=C/C(C)=C/C(C)=O)[C@@H](O)CC[C@@]21C)C5)C1=CC(C)(C)OC(C)(C)C1[C@@H]3O. The third-order valence-corrected chi connectivity index (χ3v) is 14.7. The van der Waals surface area contributed by atoms with E-state index in [4.69, 9.17) is 4.74 Å². The predicted molar refractivity (Wildman–Crippen MR) is 198 cm³/mol. The van der Waals surface area contributed by atoms with Crippen LogP contribution in [-0.4, -0.2) is 43.7 Å². The van der Waals surface area contributed by atoms with E-state index in [-0.39, 0.29) is 34.2 Å². The molecule has 2 aliphatic heterocycles. The molecule has 6 aliphatic rings. The largest absolute Gasteiger partial charge is 0.392 e. The highest BCUT2D eigenvalue weighted by Gasteiger charge is 2.67. The Hall–Kier alpha value is -3.06. The lowest BCUT2D eigenvalue weighted by atomic mass is 9.40. The number of hydrogen-bond acceptors (Lipinski definition) is 5. The fourth-order valence-electron chi connectivity index (χ4n) is 12.8. The molecule has 0 amide bonds. The highest BCUT2D eigenvalue weighted by molar-refractivity contribution is 6.18. The number of ketones is 2. The molecule has 6 nitrogen and oxygen atoms in total. The molecule has 2 aromatic rings. The third kappa shape index (κ3) is 4.07. The molecule has 8 rings (SSSR count). The summed E-state index contributed by atoms with van der Waals surface area (Å²) < 4.78 is 8.90. The van der Waals surface area contributed by atoms with Crippen molar-refractivity contribution in [1.29, 1.82) is 0 Å². The van der Waals surface area contributed by atoms with Gasteiger partial charge in [-0.1, -0.05) is 45.1 Å². The Labute approximate surface area is 297 Å². The molecule has 6 heteroatoms. The Morgan fingerprint density at radius 1 is 1.04 bits per heavy atom. The molecular weight excluding hydrogens is 622 g/mol. The van der Waals surface area contributed by atoms with Crippen LogP contribution in [0.4, 0.5) is 0 Å². The number of carbonyl (C=O) groups excluding carboxylic acids is 2. The normalized spacial score (nSPS) is 39.2.